The van der Waals surface area contributed by atoms with Gasteiger partial charge >= 0.3 is 5.97 Å². The molecule has 7 heteroatoms. The lowest BCUT2D eigenvalue weighted by Gasteiger charge is -2.27. The first-order valence-corrected chi connectivity index (χ1v) is 4.25. The number of carbonyl (C=O) groups is 2. The maximum Gasteiger partial charge on any atom is 0.323 e. The molecule has 0 fully saturated rings. The van der Waals surface area contributed by atoms with E-state index >= 15 is 0 Å². The molecule has 7 nitrogen and oxygen atoms in total. The van der Waals surface area contributed by atoms with Crippen LogP contribution in [0, 0.1) is 0 Å². The first-order chi connectivity index (χ1) is 7.16. The van der Waals surface area contributed by atoms with Crippen LogP contribution in [0.1, 0.15) is 0 Å². The highest BCUT2D eigenvalue weighted by atomic mass is 16.4. The molecule has 0 radical (unpaired) electrons. The molecular weight excluding hydrogens is 200 g/mol. The Labute approximate surface area is 84.7 Å². The minimum atomic E-state index is -1.01. The third kappa shape index (κ3) is 1.85. The fraction of sp³-hybridized carbons (Fsp3) is 0.250. The van der Waals surface area contributed by atoms with Crippen molar-refractivity contribution in [3.63, 3.8) is 0 Å². The molecule has 0 aliphatic carbocycles. The standard InChI is InChI=1S/C8H8N4O3/c13-6-3-12(4-7(14)15)8-5(10-6)1-2-9-11-8/h1-2H,3-4H2,(H,10,13)(H,14,15). The zero-order valence-corrected chi connectivity index (χ0v) is 7.67. The van der Waals surface area contributed by atoms with Gasteiger partial charge in [-0.15, -0.1) is 5.10 Å². The van der Waals surface area contributed by atoms with Crippen molar-refractivity contribution in [3.05, 3.63) is 12.3 Å². The van der Waals surface area contributed by atoms with Crippen molar-refractivity contribution in [1.29, 1.82) is 0 Å². The number of hydrogen-bond acceptors (Lipinski definition) is 5. The van der Waals surface area contributed by atoms with Gasteiger partial charge in [0.15, 0.2) is 5.82 Å². The number of anilines is 2. The topological polar surface area (TPSA) is 95.4 Å². The lowest BCUT2D eigenvalue weighted by molar-refractivity contribution is -0.135. The van der Waals surface area contributed by atoms with Crippen molar-refractivity contribution in [3.8, 4) is 0 Å². The molecule has 1 aliphatic rings. The summed E-state index contributed by atoms with van der Waals surface area (Å²) in [7, 11) is 0. The van der Waals surface area contributed by atoms with E-state index < -0.39 is 5.97 Å². The number of hydrogen-bond donors (Lipinski definition) is 2. The molecular formula is C8H8N4O3. The smallest absolute Gasteiger partial charge is 0.323 e. The Balaban J connectivity index is 2.33. The van der Waals surface area contributed by atoms with E-state index in [0.29, 0.717) is 11.5 Å². The fourth-order valence-electron chi connectivity index (χ4n) is 1.39. The molecule has 15 heavy (non-hydrogen) atoms. The second kappa shape index (κ2) is 3.52. The Morgan fingerprint density at radius 3 is 3.20 bits per heavy atom. The van der Waals surface area contributed by atoms with Gasteiger partial charge in [0.2, 0.25) is 5.91 Å². The monoisotopic (exact) mass is 208 g/mol. The number of amides is 1. The van der Waals surface area contributed by atoms with Crippen molar-refractivity contribution < 1.29 is 14.7 Å². The normalized spacial score (nSPS) is 14.4. The van der Waals surface area contributed by atoms with Crippen LogP contribution < -0.4 is 10.2 Å². The van der Waals surface area contributed by atoms with E-state index in [1.165, 1.54) is 11.1 Å². The quantitative estimate of drug-likeness (QED) is 0.668. The van der Waals surface area contributed by atoms with Gasteiger partial charge in [-0.3, -0.25) is 9.59 Å². The lowest BCUT2D eigenvalue weighted by Crippen LogP contribution is -2.41. The van der Waals surface area contributed by atoms with Crippen molar-refractivity contribution in [1.82, 2.24) is 10.2 Å². The van der Waals surface area contributed by atoms with E-state index in [-0.39, 0.29) is 19.0 Å². The molecule has 0 spiro atoms. The maximum atomic E-state index is 11.2. The van der Waals surface area contributed by atoms with Gasteiger partial charge in [-0.1, -0.05) is 0 Å². The first kappa shape index (κ1) is 9.38. The van der Waals surface area contributed by atoms with Crippen LogP contribution in [0.15, 0.2) is 12.3 Å². The number of aromatic nitrogens is 2. The molecule has 2 N–H and O–H groups in total. The van der Waals surface area contributed by atoms with E-state index in [4.69, 9.17) is 5.11 Å². The third-order valence-electron chi connectivity index (χ3n) is 1.94. The molecule has 78 valence electrons. The highest BCUT2D eigenvalue weighted by Crippen LogP contribution is 2.24. The number of rotatable bonds is 2. The summed E-state index contributed by atoms with van der Waals surface area (Å²) in [5.74, 6) is -0.877. The second-order valence-corrected chi connectivity index (χ2v) is 3.07. The summed E-state index contributed by atoms with van der Waals surface area (Å²) in [6.45, 7) is -0.281. The number of carboxylic acids is 1. The van der Waals surface area contributed by atoms with E-state index in [1.54, 1.807) is 6.07 Å². The number of carbonyl (C=O) groups excluding carboxylic acids is 1. The molecule has 2 heterocycles. The van der Waals surface area contributed by atoms with Crippen molar-refractivity contribution in [2.45, 2.75) is 0 Å². The van der Waals surface area contributed by atoms with E-state index in [1.807, 2.05) is 0 Å². The Morgan fingerprint density at radius 1 is 1.67 bits per heavy atom. The van der Waals surface area contributed by atoms with Gasteiger partial charge in [0, 0.05) is 0 Å². The van der Waals surface area contributed by atoms with Crippen LogP contribution in [0.4, 0.5) is 11.5 Å². The van der Waals surface area contributed by atoms with Gasteiger partial charge in [0.25, 0.3) is 0 Å². The zero-order chi connectivity index (χ0) is 10.8. The number of aliphatic carboxylic acids is 1. The van der Waals surface area contributed by atoms with Crippen LogP contribution >= 0.6 is 0 Å². The van der Waals surface area contributed by atoms with Gasteiger partial charge in [0.05, 0.1) is 18.4 Å². The fourth-order valence-corrected chi connectivity index (χ4v) is 1.39. The lowest BCUT2D eigenvalue weighted by atomic mass is 10.3. The first-order valence-electron chi connectivity index (χ1n) is 4.25. The van der Waals surface area contributed by atoms with Crippen LogP contribution in [0.5, 0.6) is 0 Å². The Bertz CT molecular complexity index is 420. The highest BCUT2D eigenvalue weighted by Gasteiger charge is 2.24. The molecule has 0 atom stereocenters. The Kier molecular flexibility index (Phi) is 2.20. The third-order valence-corrected chi connectivity index (χ3v) is 1.94. The van der Waals surface area contributed by atoms with E-state index in [2.05, 4.69) is 15.5 Å². The van der Waals surface area contributed by atoms with Gasteiger partial charge in [0.1, 0.15) is 6.54 Å². The number of nitrogens with one attached hydrogen (secondary N) is 1. The number of fused-ring (bicyclic) bond motifs is 1. The molecule has 1 aromatic heterocycles. The molecule has 0 aromatic carbocycles. The molecule has 0 unspecified atom stereocenters. The summed E-state index contributed by atoms with van der Waals surface area (Å²) < 4.78 is 0. The van der Waals surface area contributed by atoms with Gasteiger partial charge < -0.3 is 15.3 Å². The summed E-state index contributed by atoms with van der Waals surface area (Å²) in [4.78, 5) is 23.2. The average molecular weight is 208 g/mol. The molecule has 0 saturated heterocycles. The van der Waals surface area contributed by atoms with Gasteiger partial charge in [-0.2, -0.15) is 5.10 Å². The summed E-state index contributed by atoms with van der Waals surface area (Å²) >= 11 is 0. The largest absolute Gasteiger partial charge is 0.480 e. The van der Waals surface area contributed by atoms with Gasteiger partial charge in [-0.05, 0) is 6.07 Å². The predicted octanol–water partition coefficient (Wildman–Crippen LogP) is -0.680. The van der Waals surface area contributed by atoms with Crippen LogP contribution in [0.25, 0.3) is 0 Å². The highest BCUT2D eigenvalue weighted by molar-refractivity contribution is 6.00. The Morgan fingerprint density at radius 2 is 2.47 bits per heavy atom. The van der Waals surface area contributed by atoms with E-state index in [0.717, 1.165) is 0 Å². The summed E-state index contributed by atoms with van der Waals surface area (Å²) in [5.41, 5.74) is 0.488. The van der Waals surface area contributed by atoms with Crippen molar-refractivity contribution >= 4 is 23.4 Å². The molecule has 0 bridgehead atoms. The minimum absolute atomic E-state index is 0.0159. The van der Waals surface area contributed by atoms with Crippen LogP contribution in [-0.2, 0) is 9.59 Å². The maximum absolute atomic E-state index is 11.2. The van der Waals surface area contributed by atoms with Gasteiger partial charge in [-0.25, -0.2) is 0 Å². The van der Waals surface area contributed by atoms with Crippen LogP contribution in [0.3, 0.4) is 0 Å². The minimum Gasteiger partial charge on any atom is -0.480 e. The Hall–Kier alpha value is -2.18. The van der Waals surface area contributed by atoms with E-state index in [9.17, 15) is 9.59 Å². The SMILES string of the molecule is O=C(O)CN1CC(=O)Nc2ccnnc21. The molecule has 1 aliphatic heterocycles. The summed E-state index contributed by atoms with van der Waals surface area (Å²) in [6.07, 6.45) is 1.43. The zero-order valence-electron chi connectivity index (χ0n) is 7.67. The predicted molar refractivity (Wildman–Crippen MR) is 50.5 cm³/mol. The molecule has 0 saturated carbocycles. The average Bonchev–Trinajstić information content (AvgIpc) is 2.16. The molecule has 1 amide bonds. The summed E-state index contributed by atoms with van der Waals surface area (Å²) in [6, 6.07) is 1.58. The van der Waals surface area contributed by atoms with Crippen LogP contribution in [-0.4, -0.2) is 40.3 Å². The van der Waals surface area contributed by atoms with Crippen LogP contribution in [0.2, 0.25) is 0 Å². The second-order valence-electron chi connectivity index (χ2n) is 3.07. The molecule has 2 rings (SSSR count). The van der Waals surface area contributed by atoms with Crippen molar-refractivity contribution in [2.24, 2.45) is 0 Å². The van der Waals surface area contributed by atoms with Crippen molar-refractivity contribution in [2.75, 3.05) is 23.3 Å². The molecule has 1 aromatic rings. The number of nitrogens with zero attached hydrogens (tertiary/aromatic N) is 3. The number of carboxylic acid groups (broad SMARTS) is 1. The summed E-state index contributed by atoms with van der Waals surface area (Å²) in [5, 5.41) is 18.7.